The summed E-state index contributed by atoms with van der Waals surface area (Å²) in [5, 5.41) is 4.32. The van der Waals surface area contributed by atoms with Crippen molar-refractivity contribution in [1.29, 1.82) is 0 Å². The summed E-state index contributed by atoms with van der Waals surface area (Å²) in [6.45, 7) is 10.1. The van der Waals surface area contributed by atoms with E-state index in [1.165, 1.54) is 6.34 Å². The highest BCUT2D eigenvalue weighted by molar-refractivity contribution is 7.99. The second-order valence-electron chi connectivity index (χ2n) is 7.10. The van der Waals surface area contributed by atoms with Crippen LogP contribution in [0.4, 0.5) is 5.82 Å². The Bertz CT molecular complexity index is 903. The summed E-state index contributed by atoms with van der Waals surface area (Å²) in [6.07, 6.45) is 4.19. The molecule has 1 aromatic heterocycles. The zero-order chi connectivity index (χ0) is 20.8. The van der Waals surface area contributed by atoms with Gasteiger partial charge in [0.1, 0.15) is 6.34 Å². The van der Waals surface area contributed by atoms with Gasteiger partial charge in [0.05, 0.1) is 12.0 Å². The first kappa shape index (κ1) is 21.2. The standard InChI is InChI=1S/C20H28N6O2S/c1-13(2)22-6-5-7-26-19(25-11-24-15(4)21)10-23-20(26)29-18-9-17-16(8-14(18)3)27-12-28-17/h8-11,13,22H,5-7,12H2,1-4H3,(H2,21,24,25). The van der Waals surface area contributed by atoms with Gasteiger partial charge in [-0.15, -0.1) is 0 Å². The molecule has 1 aromatic carbocycles. The summed E-state index contributed by atoms with van der Waals surface area (Å²) in [5.41, 5.74) is 6.71. The second-order valence-corrected chi connectivity index (χ2v) is 8.11. The van der Waals surface area contributed by atoms with Crippen molar-refractivity contribution < 1.29 is 9.47 Å². The fraction of sp³-hybridized carbons (Fsp3) is 0.450. The molecule has 1 aliphatic heterocycles. The lowest BCUT2D eigenvalue weighted by Crippen LogP contribution is -2.24. The number of benzene rings is 1. The number of fused-ring (bicyclic) bond motifs is 1. The van der Waals surface area contributed by atoms with E-state index in [0.717, 1.165) is 52.4 Å². The SMILES string of the molecule is CC(N)=NC=Nc1cnc(Sc2cc3c(cc2C)OCO3)n1CCCNC(C)C. The Balaban J connectivity index is 1.82. The molecule has 3 N–H and O–H groups in total. The first-order valence-electron chi connectivity index (χ1n) is 9.63. The van der Waals surface area contributed by atoms with E-state index in [9.17, 15) is 0 Å². The lowest BCUT2D eigenvalue weighted by atomic mass is 10.2. The van der Waals surface area contributed by atoms with E-state index in [1.807, 2.05) is 12.1 Å². The van der Waals surface area contributed by atoms with Gasteiger partial charge < -0.3 is 25.1 Å². The molecule has 0 spiro atoms. The van der Waals surface area contributed by atoms with E-state index in [1.54, 1.807) is 24.9 Å². The van der Waals surface area contributed by atoms with Crippen LogP contribution in [-0.4, -0.2) is 41.1 Å². The van der Waals surface area contributed by atoms with Crippen LogP contribution in [0.15, 0.2) is 38.4 Å². The smallest absolute Gasteiger partial charge is 0.231 e. The minimum Gasteiger partial charge on any atom is -0.454 e. The summed E-state index contributed by atoms with van der Waals surface area (Å²) in [4.78, 5) is 14.1. The number of imidazole rings is 1. The molecule has 156 valence electrons. The molecule has 0 saturated carbocycles. The van der Waals surface area contributed by atoms with Gasteiger partial charge in [-0.25, -0.2) is 15.0 Å². The van der Waals surface area contributed by atoms with Gasteiger partial charge in [-0.2, -0.15) is 0 Å². The number of nitrogens with zero attached hydrogens (tertiary/aromatic N) is 4. The third-order valence-electron chi connectivity index (χ3n) is 4.23. The maximum atomic E-state index is 5.59. The van der Waals surface area contributed by atoms with Gasteiger partial charge in [-0.3, -0.25) is 0 Å². The molecule has 0 fully saturated rings. The van der Waals surface area contributed by atoms with Crippen LogP contribution in [0.2, 0.25) is 0 Å². The van der Waals surface area contributed by atoms with Crippen LogP contribution in [0.25, 0.3) is 0 Å². The summed E-state index contributed by atoms with van der Waals surface area (Å²) in [6, 6.07) is 4.47. The summed E-state index contributed by atoms with van der Waals surface area (Å²) < 4.78 is 13.1. The maximum absolute atomic E-state index is 5.59. The van der Waals surface area contributed by atoms with Crippen molar-refractivity contribution in [1.82, 2.24) is 14.9 Å². The number of ether oxygens (including phenoxy) is 2. The minimum atomic E-state index is 0.264. The fourth-order valence-corrected chi connectivity index (χ4v) is 3.77. The molecule has 3 rings (SSSR count). The van der Waals surface area contributed by atoms with Crippen LogP contribution in [0.3, 0.4) is 0 Å². The van der Waals surface area contributed by atoms with E-state index >= 15 is 0 Å². The van der Waals surface area contributed by atoms with Crippen LogP contribution in [0.5, 0.6) is 11.5 Å². The van der Waals surface area contributed by atoms with E-state index in [2.05, 4.69) is 45.6 Å². The van der Waals surface area contributed by atoms with Crippen molar-refractivity contribution in [2.45, 2.75) is 56.8 Å². The topological polar surface area (TPSA) is 99.1 Å². The molecule has 8 nitrogen and oxygen atoms in total. The Morgan fingerprint density at radius 1 is 1.38 bits per heavy atom. The molecule has 0 aliphatic carbocycles. The highest BCUT2D eigenvalue weighted by Gasteiger charge is 2.18. The number of nitrogens with one attached hydrogen (secondary N) is 1. The number of nitrogens with two attached hydrogens (primary N) is 1. The Morgan fingerprint density at radius 2 is 2.14 bits per heavy atom. The summed E-state index contributed by atoms with van der Waals surface area (Å²) in [7, 11) is 0. The monoisotopic (exact) mass is 416 g/mol. The van der Waals surface area contributed by atoms with Crippen LogP contribution >= 0.6 is 11.8 Å². The minimum absolute atomic E-state index is 0.264. The van der Waals surface area contributed by atoms with Crippen molar-refractivity contribution >= 4 is 29.8 Å². The quantitative estimate of drug-likeness (QED) is 0.369. The molecule has 0 radical (unpaired) electrons. The molecule has 0 bridgehead atoms. The fourth-order valence-electron chi connectivity index (χ4n) is 2.79. The Hall–Kier alpha value is -2.52. The summed E-state index contributed by atoms with van der Waals surface area (Å²) in [5.74, 6) is 2.77. The number of hydrogen-bond acceptors (Lipinski definition) is 6. The van der Waals surface area contributed by atoms with E-state index in [0.29, 0.717) is 11.9 Å². The maximum Gasteiger partial charge on any atom is 0.231 e. The second kappa shape index (κ2) is 9.80. The number of rotatable bonds is 9. The van der Waals surface area contributed by atoms with Crippen molar-refractivity contribution in [2.75, 3.05) is 13.3 Å². The van der Waals surface area contributed by atoms with Gasteiger partial charge in [0.25, 0.3) is 0 Å². The highest BCUT2D eigenvalue weighted by Crippen LogP contribution is 2.40. The molecule has 0 saturated heterocycles. The Kier molecular flexibility index (Phi) is 7.16. The molecular formula is C20H28N6O2S. The summed E-state index contributed by atoms with van der Waals surface area (Å²) >= 11 is 1.59. The molecular weight excluding hydrogens is 388 g/mol. The van der Waals surface area contributed by atoms with Crippen LogP contribution < -0.4 is 20.5 Å². The Morgan fingerprint density at radius 3 is 2.86 bits per heavy atom. The predicted molar refractivity (Wildman–Crippen MR) is 117 cm³/mol. The third kappa shape index (κ3) is 5.74. The lowest BCUT2D eigenvalue weighted by Gasteiger charge is -2.12. The first-order chi connectivity index (χ1) is 13.9. The van der Waals surface area contributed by atoms with Crippen molar-refractivity contribution in [3.05, 3.63) is 23.9 Å². The molecule has 2 aromatic rings. The van der Waals surface area contributed by atoms with Gasteiger partial charge in [0, 0.05) is 17.5 Å². The molecule has 0 amide bonds. The van der Waals surface area contributed by atoms with Crippen molar-refractivity contribution in [3.63, 3.8) is 0 Å². The van der Waals surface area contributed by atoms with E-state index in [4.69, 9.17) is 15.2 Å². The van der Waals surface area contributed by atoms with E-state index in [-0.39, 0.29) is 6.79 Å². The zero-order valence-corrected chi connectivity index (χ0v) is 18.1. The Labute approximate surface area is 175 Å². The van der Waals surface area contributed by atoms with Gasteiger partial charge in [0.15, 0.2) is 22.5 Å². The normalized spacial score (nSPS) is 13.8. The van der Waals surface area contributed by atoms with Crippen LogP contribution in [-0.2, 0) is 6.54 Å². The molecule has 29 heavy (non-hydrogen) atoms. The van der Waals surface area contributed by atoms with Crippen molar-refractivity contribution in [3.8, 4) is 11.5 Å². The highest BCUT2D eigenvalue weighted by atomic mass is 32.2. The third-order valence-corrected chi connectivity index (χ3v) is 5.40. The number of hydrogen-bond donors (Lipinski definition) is 2. The molecule has 0 atom stereocenters. The van der Waals surface area contributed by atoms with Gasteiger partial charge >= 0.3 is 0 Å². The van der Waals surface area contributed by atoms with Crippen LogP contribution in [0, 0.1) is 6.92 Å². The van der Waals surface area contributed by atoms with Gasteiger partial charge in [-0.1, -0.05) is 25.6 Å². The molecule has 1 aliphatic rings. The molecule has 9 heteroatoms. The van der Waals surface area contributed by atoms with E-state index < -0.39 is 0 Å². The van der Waals surface area contributed by atoms with Crippen LogP contribution in [0.1, 0.15) is 32.8 Å². The van der Waals surface area contributed by atoms with Crippen molar-refractivity contribution in [2.24, 2.45) is 15.7 Å². The molecule has 0 unspecified atom stereocenters. The number of aromatic nitrogens is 2. The zero-order valence-electron chi connectivity index (χ0n) is 17.3. The van der Waals surface area contributed by atoms with Gasteiger partial charge in [0.2, 0.25) is 6.79 Å². The average Bonchev–Trinajstić information content (AvgIpc) is 3.25. The average molecular weight is 417 g/mol. The number of amidine groups is 1. The number of aryl methyl sites for hydroxylation is 1. The predicted octanol–water partition coefficient (Wildman–Crippen LogP) is 3.50. The lowest BCUT2D eigenvalue weighted by molar-refractivity contribution is 0.174. The largest absolute Gasteiger partial charge is 0.454 e. The number of aliphatic imine (C=N–C) groups is 2. The van der Waals surface area contributed by atoms with Gasteiger partial charge in [-0.05, 0) is 44.5 Å². The molecule has 2 heterocycles. The first-order valence-corrected chi connectivity index (χ1v) is 10.4.